The Morgan fingerprint density at radius 2 is 1.87 bits per heavy atom. The van der Waals surface area contributed by atoms with Gasteiger partial charge in [-0.15, -0.1) is 0 Å². The summed E-state index contributed by atoms with van der Waals surface area (Å²) < 4.78 is 5.55. The number of hydrogen-bond acceptors (Lipinski definition) is 3. The molecule has 5 heteroatoms. The van der Waals surface area contributed by atoms with Crippen LogP contribution in [0, 0.1) is 0 Å². The molecule has 5 nitrogen and oxygen atoms in total. The summed E-state index contributed by atoms with van der Waals surface area (Å²) in [6, 6.07) is 11.1. The van der Waals surface area contributed by atoms with E-state index in [4.69, 9.17) is 10.5 Å². The second-order valence-electron chi connectivity index (χ2n) is 6.67. The van der Waals surface area contributed by atoms with E-state index in [2.05, 4.69) is 60.7 Å². The molecule has 1 aliphatic heterocycles. The van der Waals surface area contributed by atoms with Gasteiger partial charge in [0.25, 0.3) is 0 Å². The minimum atomic E-state index is -0.0587. The summed E-state index contributed by atoms with van der Waals surface area (Å²) in [6.07, 6.45) is 1.89. The van der Waals surface area contributed by atoms with E-state index in [9.17, 15) is 0 Å². The SMILES string of the molecule is CC(C)NC(N)=NCC1(NC(C)c2ccccc2)CCOCC1. The van der Waals surface area contributed by atoms with Gasteiger partial charge in [-0.25, -0.2) is 0 Å². The van der Waals surface area contributed by atoms with E-state index in [0.717, 1.165) is 26.1 Å². The zero-order valence-electron chi connectivity index (χ0n) is 14.5. The third-order valence-corrected chi connectivity index (χ3v) is 4.26. The van der Waals surface area contributed by atoms with Crippen LogP contribution in [-0.2, 0) is 4.74 Å². The molecular weight excluding hydrogens is 288 g/mol. The number of ether oxygens (including phenoxy) is 1. The number of rotatable bonds is 6. The Morgan fingerprint density at radius 3 is 2.48 bits per heavy atom. The molecule has 0 amide bonds. The highest BCUT2D eigenvalue weighted by Gasteiger charge is 2.33. The van der Waals surface area contributed by atoms with Crippen LogP contribution < -0.4 is 16.4 Å². The molecule has 23 heavy (non-hydrogen) atoms. The van der Waals surface area contributed by atoms with Crippen LogP contribution in [0.4, 0.5) is 0 Å². The first-order valence-electron chi connectivity index (χ1n) is 8.48. The maximum atomic E-state index is 5.97. The van der Waals surface area contributed by atoms with Crippen molar-refractivity contribution in [3.05, 3.63) is 35.9 Å². The lowest BCUT2D eigenvalue weighted by atomic mass is 9.88. The van der Waals surface area contributed by atoms with Crippen molar-refractivity contribution in [2.75, 3.05) is 19.8 Å². The molecule has 0 aromatic heterocycles. The topological polar surface area (TPSA) is 71.7 Å². The fourth-order valence-electron chi connectivity index (χ4n) is 2.97. The van der Waals surface area contributed by atoms with Crippen LogP contribution in [0.25, 0.3) is 0 Å². The normalized spacial score (nSPS) is 19.6. The number of guanidine groups is 1. The van der Waals surface area contributed by atoms with Gasteiger partial charge in [-0.1, -0.05) is 30.3 Å². The van der Waals surface area contributed by atoms with Crippen molar-refractivity contribution in [2.24, 2.45) is 10.7 Å². The van der Waals surface area contributed by atoms with Gasteiger partial charge in [0.15, 0.2) is 5.96 Å². The molecule has 0 bridgehead atoms. The summed E-state index contributed by atoms with van der Waals surface area (Å²) in [5.74, 6) is 0.514. The molecule has 128 valence electrons. The average molecular weight is 318 g/mol. The fraction of sp³-hybridized carbons (Fsp3) is 0.611. The van der Waals surface area contributed by atoms with Crippen LogP contribution >= 0.6 is 0 Å². The minimum Gasteiger partial charge on any atom is -0.381 e. The maximum Gasteiger partial charge on any atom is 0.188 e. The number of nitrogens with zero attached hydrogens (tertiary/aromatic N) is 1. The summed E-state index contributed by atoms with van der Waals surface area (Å²) in [5, 5.41) is 6.94. The molecule has 4 N–H and O–H groups in total. The van der Waals surface area contributed by atoms with E-state index in [-0.39, 0.29) is 11.6 Å². The highest BCUT2D eigenvalue weighted by atomic mass is 16.5. The number of nitrogens with two attached hydrogens (primary N) is 1. The van der Waals surface area contributed by atoms with Crippen molar-refractivity contribution in [1.29, 1.82) is 0 Å². The first kappa shape index (κ1) is 17.8. The van der Waals surface area contributed by atoms with E-state index >= 15 is 0 Å². The van der Waals surface area contributed by atoms with E-state index in [1.54, 1.807) is 0 Å². The summed E-state index contributed by atoms with van der Waals surface area (Å²) in [4.78, 5) is 4.57. The monoisotopic (exact) mass is 318 g/mol. The second kappa shape index (κ2) is 8.31. The lowest BCUT2D eigenvalue weighted by Crippen LogP contribution is -2.53. The van der Waals surface area contributed by atoms with Gasteiger partial charge in [-0.2, -0.15) is 0 Å². The largest absolute Gasteiger partial charge is 0.381 e. The van der Waals surface area contributed by atoms with Gasteiger partial charge >= 0.3 is 0 Å². The zero-order valence-corrected chi connectivity index (χ0v) is 14.5. The van der Waals surface area contributed by atoms with Crippen LogP contribution in [0.2, 0.25) is 0 Å². The van der Waals surface area contributed by atoms with Gasteiger partial charge in [-0.05, 0) is 39.2 Å². The van der Waals surface area contributed by atoms with Crippen LogP contribution in [0.5, 0.6) is 0 Å². The Labute approximate surface area is 139 Å². The Hall–Kier alpha value is -1.59. The molecule has 1 aromatic rings. The van der Waals surface area contributed by atoms with Crippen molar-refractivity contribution < 1.29 is 4.74 Å². The molecule has 0 aliphatic carbocycles. The average Bonchev–Trinajstić information content (AvgIpc) is 2.54. The van der Waals surface area contributed by atoms with Crippen molar-refractivity contribution in [3.63, 3.8) is 0 Å². The summed E-state index contributed by atoms with van der Waals surface area (Å²) in [7, 11) is 0. The van der Waals surface area contributed by atoms with Crippen molar-refractivity contribution in [2.45, 2.75) is 51.2 Å². The molecule has 2 rings (SSSR count). The predicted octanol–water partition coefficient (Wildman–Crippen LogP) is 2.20. The number of nitrogens with one attached hydrogen (secondary N) is 2. The van der Waals surface area contributed by atoms with Gasteiger partial charge in [0.05, 0.1) is 6.54 Å². The quantitative estimate of drug-likeness (QED) is 0.555. The molecule has 1 aromatic carbocycles. The highest BCUT2D eigenvalue weighted by Crippen LogP contribution is 2.25. The summed E-state index contributed by atoms with van der Waals surface area (Å²) in [5.41, 5.74) is 7.20. The zero-order chi connectivity index (χ0) is 16.7. The fourth-order valence-corrected chi connectivity index (χ4v) is 2.97. The van der Waals surface area contributed by atoms with E-state index in [1.807, 2.05) is 6.07 Å². The highest BCUT2D eigenvalue weighted by molar-refractivity contribution is 5.78. The molecule has 1 atom stereocenters. The lowest BCUT2D eigenvalue weighted by molar-refractivity contribution is 0.0374. The summed E-state index contributed by atoms with van der Waals surface area (Å²) >= 11 is 0. The van der Waals surface area contributed by atoms with Gasteiger partial charge in [0, 0.05) is 30.8 Å². The Bertz CT molecular complexity index is 495. The number of aliphatic imine (C=N–C) groups is 1. The molecule has 1 aliphatic rings. The van der Waals surface area contributed by atoms with Crippen molar-refractivity contribution in [1.82, 2.24) is 10.6 Å². The first-order valence-corrected chi connectivity index (χ1v) is 8.48. The third kappa shape index (κ3) is 5.52. The number of hydrogen-bond donors (Lipinski definition) is 3. The van der Waals surface area contributed by atoms with Crippen LogP contribution in [-0.4, -0.2) is 37.3 Å². The van der Waals surface area contributed by atoms with Crippen molar-refractivity contribution >= 4 is 5.96 Å². The van der Waals surface area contributed by atoms with Crippen LogP contribution in [0.15, 0.2) is 35.3 Å². The van der Waals surface area contributed by atoms with Crippen LogP contribution in [0.3, 0.4) is 0 Å². The molecule has 1 fully saturated rings. The molecule has 0 radical (unpaired) electrons. The Balaban J connectivity index is 2.06. The van der Waals surface area contributed by atoms with Crippen molar-refractivity contribution in [3.8, 4) is 0 Å². The predicted molar refractivity (Wildman–Crippen MR) is 95.5 cm³/mol. The number of benzene rings is 1. The second-order valence-corrected chi connectivity index (χ2v) is 6.67. The molecule has 1 saturated heterocycles. The standard InChI is InChI=1S/C18H30N4O/c1-14(2)21-17(19)20-13-18(9-11-23-12-10-18)22-15(3)16-7-5-4-6-8-16/h4-8,14-15,22H,9-13H2,1-3H3,(H3,19,20,21). The first-order chi connectivity index (χ1) is 11.0. The van der Waals surface area contributed by atoms with Crippen LogP contribution in [0.1, 0.15) is 45.2 Å². The summed E-state index contributed by atoms with van der Waals surface area (Å²) in [6.45, 7) is 8.51. The third-order valence-electron chi connectivity index (χ3n) is 4.26. The van der Waals surface area contributed by atoms with Gasteiger partial charge < -0.3 is 21.1 Å². The molecule has 0 spiro atoms. The smallest absolute Gasteiger partial charge is 0.188 e. The Morgan fingerprint density at radius 1 is 1.22 bits per heavy atom. The van der Waals surface area contributed by atoms with E-state index in [1.165, 1.54) is 5.56 Å². The van der Waals surface area contributed by atoms with Gasteiger partial charge in [-0.3, -0.25) is 4.99 Å². The molecule has 1 unspecified atom stereocenters. The van der Waals surface area contributed by atoms with Gasteiger partial charge in [0.1, 0.15) is 0 Å². The molecule has 1 heterocycles. The van der Waals surface area contributed by atoms with E-state index < -0.39 is 0 Å². The molecule has 0 saturated carbocycles. The minimum absolute atomic E-state index is 0.0587. The van der Waals surface area contributed by atoms with E-state index in [0.29, 0.717) is 18.5 Å². The van der Waals surface area contributed by atoms with Gasteiger partial charge in [0.2, 0.25) is 0 Å². The lowest BCUT2D eigenvalue weighted by Gasteiger charge is -2.39. The molecular formula is C18H30N4O. The Kier molecular flexibility index (Phi) is 6.42. The maximum absolute atomic E-state index is 5.97.